The average molecular weight is 245 g/mol. The summed E-state index contributed by atoms with van der Waals surface area (Å²) in [4.78, 5) is 13.2. The molecule has 5 heteroatoms. The number of hydrogen-bond donors (Lipinski definition) is 1. The highest BCUT2D eigenvalue weighted by atomic mass is 15.1. The number of aryl methyl sites for hydroxylation is 1. The van der Waals surface area contributed by atoms with Crippen molar-refractivity contribution in [1.82, 2.24) is 19.5 Å². The van der Waals surface area contributed by atoms with Crippen LogP contribution >= 0.6 is 0 Å². The summed E-state index contributed by atoms with van der Waals surface area (Å²) in [6.45, 7) is 9.11. The minimum atomic E-state index is 0.342. The van der Waals surface area contributed by atoms with Crippen LogP contribution in [0.2, 0.25) is 0 Å². The zero-order valence-corrected chi connectivity index (χ0v) is 11.3. The normalized spacial score (nSPS) is 10.9. The van der Waals surface area contributed by atoms with E-state index in [2.05, 4.69) is 45.6 Å². The number of rotatable bonds is 4. The van der Waals surface area contributed by atoms with Crippen LogP contribution in [0.5, 0.6) is 0 Å². The van der Waals surface area contributed by atoms with E-state index in [0.29, 0.717) is 6.04 Å². The monoisotopic (exact) mass is 245 g/mol. The molecule has 5 nitrogen and oxygen atoms in total. The highest BCUT2D eigenvalue weighted by molar-refractivity contribution is 5.53. The molecule has 0 radical (unpaired) electrons. The first-order chi connectivity index (χ1) is 8.61. The number of anilines is 1. The van der Waals surface area contributed by atoms with Crippen molar-refractivity contribution in [2.75, 3.05) is 11.9 Å². The Hall–Kier alpha value is -1.91. The number of nitrogens with zero attached hydrogens (tertiary/aromatic N) is 4. The fraction of sp³-hybridized carbons (Fsp3) is 0.462. The maximum absolute atomic E-state index is 4.53. The van der Waals surface area contributed by atoms with E-state index in [1.807, 2.05) is 25.5 Å². The molecule has 0 atom stereocenters. The molecule has 2 aromatic heterocycles. The van der Waals surface area contributed by atoms with Crippen molar-refractivity contribution in [3.63, 3.8) is 0 Å². The molecule has 0 saturated heterocycles. The third-order valence-electron chi connectivity index (χ3n) is 2.66. The predicted molar refractivity (Wildman–Crippen MR) is 72.5 cm³/mol. The van der Waals surface area contributed by atoms with Crippen molar-refractivity contribution >= 4 is 5.82 Å². The van der Waals surface area contributed by atoms with Gasteiger partial charge >= 0.3 is 0 Å². The number of hydrogen-bond acceptors (Lipinski definition) is 4. The van der Waals surface area contributed by atoms with Crippen LogP contribution in [0.15, 0.2) is 18.6 Å². The van der Waals surface area contributed by atoms with E-state index in [0.717, 1.165) is 29.6 Å². The topological polar surface area (TPSA) is 55.6 Å². The lowest BCUT2D eigenvalue weighted by Crippen LogP contribution is -2.06. The zero-order chi connectivity index (χ0) is 13.1. The second-order valence-corrected chi connectivity index (χ2v) is 4.53. The summed E-state index contributed by atoms with van der Waals surface area (Å²) in [5.74, 6) is 1.58. The fourth-order valence-electron chi connectivity index (χ4n) is 1.84. The molecule has 0 bridgehead atoms. The van der Waals surface area contributed by atoms with E-state index in [1.54, 1.807) is 0 Å². The lowest BCUT2D eigenvalue weighted by Gasteiger charge is -2.12. The van der Waals surface area contributed by atoms with Crippen LogP contribution in [0, 0.1) is 6.92 Å². The molecule has 0 aliphatic carbocycles. The van der Waals surface area contributed by atoms with Gasteiger partial charge < -0.3 is 9.88 Å². The van der Waals surface area contributed by atoms with Crippen molar-refractivity contribution in [2.45, 2.75) is 33.7 Å². The Kier molecular flexibility index (Phi) is 3.60. The molecule has 96 valence electrons. The summed E-state index contributed by atoms with van der Waals surface area (Å²) in [5.41, 5.74) is 1.90. The highest BCUT2D eigenvalue weighted by Gasteiger charge is 2.11. The maximum atomic E-state index is 4.53. The van der Waals surface area contributed by atoms with Gasteiger partial charge in [-0.15, -0.1) is 0 Å². The first kappa shape index (κ1) is 12.5. The Morgan fingerprint density at radius 1 is 1.33 bits per heavy atom. The van der Waals surface area contributed by atoms with Crippen LogP contribution in [0.1, 0.15) is 32.5 Å². The van der Waals surface area contributed by atoms with E-state index in [1.165, 1.54) is 0 Å². The van der Waals surface area contributed by atoms with E-state index >= 15 is 0 Å². The molecule has 0 unspecified atom stereocenters. The summed E-state index contributed by atoms with van der Waals surface area (Å²) in [7, 11) is 0. The maximum Gasteiger partial charge on any atom is 0.180 e. The second-order valence-electron chi connectivity index (χ2n) is 4.53. The molecule has 0 aliphatic rings. The van der Waals surface area contributed by atoms with E-state index in [-0.39, 0.29) is 0 Å². The van der Waals surface area contributed by atoms with Crippen molar-refractivity contribution in [1.29, 1.82) is 0 Å². The van der Waals surface area contributed by atoms with Crippen LogP contribution < -0.4 is 5.32 Å². The van der Waals surface area contributed by atoms with Gasteiger partial charge in [0.2, 0.25) is 0 Å². The number of aromatic nitrogens is 4. The Balaban J connectivity index is 2.46. The number of imidazole rings is 1. The summed E-state index contributed by atoms with van der Waals surface area (Å²) in [6.07, 6.45) is 3.63. The van der Waals surface area contributed by atoms with E-state index in [9.17, 15) is 0 Å². The molecule has 0 aliphatic heterocycles. The molecule has 0 amide bonds. The first-order valence-electron chi connectivity index (χ1n) is 6.23. The number of nitrogens with one attached hydrogen (secondary N) is 1. The summed E-state index contributed by atoms with van der Waals surface area (Å²) < 4.78 is 2.07. The van der Waals surface area contributed by atoms with Gasteiger partial charge in [0.25, 0.3) is 0 Å². The molecule has 2 rings (SSSR count). The van der Waals surface area contributed by atoms with Crippen molar-refractivity contribution in [2.24, 2.45) is 0 Å². The lowest BCUT2D eigenvalue weighted by atomic mass is 10.3. The highest BCUT2D eigenvalue weighted by Crippen LogP contribution is 2.20. The molecule has 1 N–H and O–H groups in total. The predicted octanol–water partition coefficient (Wildman–Crippen LogP) is 2.66. The van der Waals surface area contributed by atoms with Gasteiger partial charge in [0, 0.05) is 24.3 Å². The Labute approximate surface area is 107 Å². The third-order valence-corrected chi connectivity index (χ3v) is 2.66. The minimum absolute atomic E-state index is 0.342. The van der Waals surface area contributed by atoms with Gasteiger partial charge in [-0.3, -0.25) is 0 Å². The smallest absolute Gasteiger partial charge is 0.180 e. The van der Waals surface area contributed by atoms with Crippen LogP contribution in [0.4, 0.5) is 5.82 Å². The SMILES string of the molecule is CCNc1cc(C)nc(-c2cncn2C(C)C)n1. The third kappa shape index (κ3) is 2.50. The summed E-state index contributed by atoms with van der Waals surface area (Å²) in [5, 5.41) is 3.22. The Bertz CT molecular complexity index is 530. The van der Waals surface area contributed by atoms with Crippen LogP contribution in [0.3, 0.4) is 0 Å². The van der Waals surface area contributed by atoms with Crippen LogP contribution in [-0.2, 0) is 0 Å². The largest absolute Gasteiger partial charge is 0.370 e. The average Bonchev–Trinajstić information content (AvgIpc) is 2.77. The molecule has 18 heavy (non-hydrogen) atoms. The van der Waals surface area contributed by atoms with E-state index in [4.69, 9.17) is 0 Å². The van der Waals surface area contributed by atoms with Gasteiger partial charge in [-0.25, -0.2) is 15.0 Å². The van der Waals surface area contributed by atoms with Gasteiger partial charge in [-0.2, -0.15) is 0 Å². The zero-order valence-electron chi connectivity index (χ0n) is 11.3. The Morgan fingerprint density at radius 2 is 2.11 bits per heavy atom. The van der Waals surface area contributed by atoms with E-state index < -0.39 is 0 Å². The van der Waals surface area contributed by atoms with Gasteiger partial charge in [0.1, 0.15) is 11.5 Å². The molecule has 0 saturated carbocycles. The van der Waals surface area contributed by atoms with Crippen molar-refractivity contribution in [3.05, 3.63) is 24.3 Å². The van der Waals surface area contributed by atoms with Crippen LogP contribution in [0.25, 0.3) is 11.5 Å². The fourth-order valence-corrected chi connectivity index (χ4v) is 1.84. The standard InChI is InChI=1S/C13H19N5/c1-5-15-12-6-10(4)16-13(17-12)11-7-14-8-18(11)9(2)3/h6-9H,5H2,1-4H3,(H,15,16,17). The summed E-state index contributed by atoms with van der Waals surface area (Å²) in [6, 6.07) is 2.29. The van der Waals surface area contributed by atoms with Gasteiger partial charge in [-0.05, 0) is 27.7 Å². The van der Waals surface area contributed by atoms with Crippen molar-refractivity contribution in [3.8, 4) is 11.5 Å². The quantitative estimate of drug-likeness (QED) is 0.899. The molecule has 0 spiro atoms. The molecule has 2 aromatic rings. The molecular weight excluding hydrogens is 226 g/mol. The second kappa shape index (κ2) is 5.16. The van der Waals surface area contributed by atoms with Crippen molar-refractivity contribution < 1.29 is 0 Å². The molecule has 0 aromatic carbocycles. The van der Waals surface area contributed by atoms with Gasteiger partial charge in [-0.1, -0.05) is 0 Å². The lowest BCUT2D eigenvalue weighted by molar-refractivity contribution is 0.603. The first-order valence-corrected chi connectivity index (χ1v) is 6.23. The Morgan fingerprint density at radius 3 is 2.78 bits per heavy atom. The minimum Gasteiger partial charge on any atom is -0.370 e. The molecular formula is C13H19N5. The molecule has 0 fully saturated rings. The molecule has 2 heterocycles. The van der Waals surface area contributed by atoms with Gasteiger partial charge in [0.15, 0.2) is 5.82 Å². The van der Waals surface area contributed by atoms with Gasteiger partial charge in [0.05, 0.1) is 12.5 Å². The summed E-state index contributed by atoms with van der Waals surface area (Å²) >= 11 is 0. The van der Waals surface area contributed by atoms with Crippen LogP contribution in [-0.4, -0.2) is 26.1 Å².